The van der Waals surface area contributed by atoms with Gasteiger partial charge in [-0.2, -0.15) is 0 Å². The second-order valence-electron chi connectivity index (χ2n) is 7.43. The molecule has 0 saturated heterocycles. The lowest BCUT2D eigenvalue weighted by atomic mass is 9.94. The monoisotopic (exact) mass is 450 g/mol. The average Bonchev–Trinajstić information content (AvgIpc) is 2.80. The van der Waals surface area contributed by atoms with Crippen molar-refractivity contribution in [2.24, 2.45) is 5.92 Å². The van der Waals surface area contributed by atoms with Gasteiger partial charge in [0.2, 0.25) is 0 Å². The molecule has 0 bridgehead atoms. The first-order valence-corrected chi connectivity index (χ1v) is 12.6. The van der Waals surface area contributed by atoms with E-state index in [1.165, 1.54) is 15.4 Å². The highest BCUT2D eigenvalue weighted by Gasteiger charge is 2.22. The molecule has 0 spiro atoms. The molecule has 3 aromatic rings. The average molecular weight is 451 g/mol. The van der Waals surface area contributed by atoms with E-state index in [2.05, 4.69) is 72.8 Å². The number of hydrogen-bond donors (Lipinski definition) is 0. The van der Waals surface area contributed by atoms with Crippen molar-refractivity contribution >= 4 is 29.5 Å². The van der Waals surface area contributed by atoms with Crippen LogP contribution in [0.25, 0.3) is 0 Å². The van der Waals surface area contributed by atoms with Gasteiger partial charge in [0.15, 0.2) is 0 Å². The molecule has 31 heavy (non-hydrogen) atoms. The van der Waals surface area contributed by atoms with Gasteiger partial charge in [0.05, 0.1) is 11.2 Å². The standard InChI is InChI=1S/C27H30O2S2/c1-2-29-26(28)20-23(19-18-22-12-6-3-7-13-22)21-27(30-24-14-8-4-9-15-24)31-25-16-10-5-11-17-25/h3-17,23,27H,2,18-21H2,1H3. The number of rotatable bonds is 12. The quantitative estimate of drug-likeness (QED) is 0.162. The molecule has 0 aliphatic rings. The fourth-order valence-electron chi connectivity index (χ4n) is 3.47. The van der Waals surface area contributed by atoms with Crippen molar-refractivity contribution in [1.29, 1.82) is 0 Å². The van der Waals surface area contributed by atoms with Gasteiger partial charge in [0.25, 0.3) is 0 Å². The Morgan fingerprint density at radius 3 is 1.84 bits per heavy atom. The highest BCUT2D eigenvalue weighted by Crippen LogP contribution is 2.40. The lowest BCUT2D eigenvalue weighted by Crippen LogP contribution is -2.16. The summed E-state index contributed by atoms with van der Waals surface area (Å²) < 4.78 is 5.61. The molecule has 0 N–H and O–H groups in total. The molecule has 2 nitrogen and oxygen atoms in total. The smallest absolute Gasteiger partial charge is 0.306 e. The summed E-state index contributed by atoms with van der Waals surface area (Å²) in [6.07, 6.45) is 3.38. The maximum Gasteiger partial charge on any atom is 0.306 e. The van der Waals surface area contributed by atoms with E-state index in [-0.39, 0.29) is 11.9 Å². The van der Waals surface area contributed by atoms with E-state index in [4.69, 9.17) is 4.74 Å². The molecule has 1 unspecified atom stereocenters. The predicted octanol–water partition coefficient (Wildman–Crippen LogP) is 7.49. The molecule has 0 radical (unpaired) electrons. The van der Waals surface area contributed by atoms with Crippen molar-refractivity contribution in [3.8, 4) is 0 Å². The molecule has 0 aliphatic carbocycles. The van der Waals surface area contributed by atoms with Gasteiger partial charge in [-0.25, -0.2) is 0 Å². The summed E-state index contributed by atoms with van der Waals surface area (Å²) in [6, 6.07) is 31.6. The minimum absolute atomic E-state index is 0.0891. The van der Waals surface area contributed by atoms with Crippen LogP contribution in [0.4, 0.5) is 0 Å². The first kappa shape index (κ1) is 23.5. The molecule has 0 aromatic heterocycles. The number of hydrogen-bond acceptors (Lipinski definition) is 4. The first-order chi connectivity index (χ1) is 15.2. The van der Waals surface area contributed by atoms with Crippen LogP contribution in [0.15, 0.2) is 101 Å². The van der Waals surface area contributed by atoms with Crippen LogP contribution in [0, 0.1) is 5.92 Å². The number of esters is 1. The molecule has 0 fully saturated rings. The lowest BCUT2D eigenvalue weighted by molar-refractivity contribution is -0.144. The summed E-state index contributed by atoms with van der Waals surface area (Å²) in [6.45, 7) is 2.31. The molecule has 3 aromatic carbocycles. The maximum absolute atomic E-state index is 12.3. The number of aryl methyl sites for hydroxylation is 1. The SMILES string of the molecule is CCOC(=O)CC(CCc1ccccc1)CC(Sc1ccccc1)Sc1ccccc1. The van der Waals surface area contributed by atoms with Crippen LogP contribution >= 0.6 is 23.5 Å². The predicted molar refractivity (Wildman–Crippen MR) is 133 cm³/mol. The van der Waals surface area contributed by atoms with Crippen molar-refractivity contribution in [3.63, 3.8) is 0 Å². The zero-order valence-electron chi connectivity index (χ0n) is 18.0. The molecule has 4 heteroatoms. The maximum atomic E-state index is 12.3. The Balaban J connectivity index is 1.72. The van der Waals surface area contributed by atoms with Crippen molar-refractivity contribution in [1.82, 2.24) is 0 Å². The molecule has 0 heterocycles. The van der Waals surface area contributed by atoms with E-state index in [1.54, 1.807) is 0 Å². The fraction of sp³-hybridized carbons (Fsp3) is 0.296. The minimum Gasteiger partial charge on any atom is -0.466 e. The molecule has 1 atom stereocenters. The molecular weight excluding hydrogens is 420 g/mol. The van der Waals surface area contributed by atoms with Crippen LogP contribution in [0.2, 0.25) is 0 Å². The zero-order valence-corrected chi connectivity index (χ0v) is 19.6. The summed E-state index contributed by atoms with van der Waals surface area (Å²) in [5, 5.41) is 0. The van der Waals surface area contributed by atoms with E-state index in [0.717, 1.165) is 19.3 Å². The molecule has 0 aliphatic heterocycles. The van der Waals surface area contributed by atoms with Crippen molar-refractivity contribution in [2.45, 2.75) is 47.0 Å². The van der Waals surface area contributed by atoms with Crippen molar-refractivity contribution in [3.05, 3.63) is 96.6 Å². The molecule has 162 valence electrons. The van der Waals surface area contributed by atoms with Crippen LogP contribution < -0.4 is 0 Å². The number of benzene rings is 3. The van der Waals surface area contributed by atoms with Crippen molar-refractivity contribution in [2.75, 3.05) is 6.61 Å². The van der Waals surface area contributed by atoms with E-state index < -0.39 is 0 Å². The van der Waals surface area contributed by atoms with Gasteiger partial charge < -0.3 is 4.74 Å². The number of carbonyl (C=O) groups is 1. The Morgan fingerprint density at radius 2 is 1.32 bits per heavy atom. The van der Waals surface area contributed by atoms with E-state index in [1.807, 2.05) is 48.6 Å². The Labute approximate surface area is 194 Å². The Morgan fingerprint density at radius 1 is 0.806 bits per heavy atom. The topological polar surface area (TPSA) is 26.3 Å². The Kier molecular flexibility index (Phi) is 10.1. The first-order valence-electron chi connectivity index (χ1n) is 10.9. The summed E-state index contributed by atoms with van der Waals surface area (Å²) in [4.78, 5) is 14.8. The van der Waals surface area contributed by atoms with E-state index in [9.17, 15) is 4.79 Å². The summed E-state index contributed by atoms with van der Waals surface area (Å²) in [7, 11) is 0. The second-order valence-corrected chi connectivity index (χ2v) is 10.3. The fourth-order valence-corrected chi connectivity index (χ4v) is 6.30. The van der Waals surface area contributed by atoms with Crippen LogP contribution in [0.3, 0.4) is 0 Å². The summed E-state index contributed by atoms with van der Waals surface area (Å²) >= 11 is 3.77. The minimum atomic E-state index is -0.0891. The van der Waals surface area contributed by atoms with Gasteiger partial charge in [-0.15, -0.1) is 23.5 Å². The van der Waals surface area contributed by atoms with E-state index in [0.29, 0.717) is 17.6 Å². The normalized spacial score (nSPS) is 11.9. The van der Waals surface area contributed by atoms with Crippen LogP contribution in [0.5, 0.6) is 0 Å². The van der Waals surface area contributed by atoms with Crippen LogP contribution in [-0.2, 0) is 16.0 Å². The molecule has 0 amide bonds. The summed E-state index contributed by atoms with van der Waals surface area (Å²) in [5.41, 5.74) is 1.32. The second kappa shape index (κ2) is 13.3. The highest BCUT2D eigenvalue weighted by atomic mass is 32.2. The Bertz CT molecular complexity index is 843. The van der Waals surface area contributed by atoms with Gasteiger partial charge in [-0.3, -0.25) is 4.79 Å². The van der Waals surface area contributed by atoms with E-state index >= 15 is 0 Å². The largest absolute Gasteiger partial charge is 0.466 e. The highest BCUT2D eigenvalue weighted by molar-refractivity contribution is 8.17. The zero-order chi connectivity index (χ0) is 21.7. The van der Waals surface area contributed by atoms with Gasteiger partial charge >= 0.3 is 5.97 Å². The van der Waals surface area contributed by atoms with Crippen molar-refractivity contribution < 1.29 is 9.53 Å². The third-order valence-corrected chi connectivity index (χ3v) is 7.57. The Hall–Kier alpha value is -2.17. The van der Waals surface area contributed by atoms with Gasteiger partial charge in [-0.05, 0) is 61.9 Å². The number of thioether (sulfide) groups is 2. The lowest BCUT2D eigenvalue weighted by Gasteiger charge is -2.23. The number of ether oxygens (including phenoxy) is 1. The van der Waals surface area contributed by atoms with Gasteiger partial charge in [0.1, 0.15) is 0 Å². The van der Waals surface area contributed by atoms with Gasteiger partial charge in [0, 0.05) is 16.2 Å². The van der Waals surface area contributed by atoms with Crippen LogP contribution in [0.1, 0.15) is 31.7 Å². The van der Waals surface area contributed by atoms with Crippen LogP contribution in [-0.4, -0.2) is 17.2 Å². The summed E-state index contributed by atoms with van der Waals surface area (Å²) in [5.74, 6) is 0.186. The van der Waals surface area contributed by atoms with Gasteiger partial charge in [-0.1, -0.05) is 66.7 Å². The third kappa shape index (κ3) is 8.84. The molecule has 0 saturated carbocycles. The third-order valence-electron chi connectivity index (χ3n) is 4.99. The molecular formula is C27H30O2S2. The number of carbonyl (C=O) groups excluding carboxylic acids is 1. The molecule has 3 rings (SSSR count).